The van der Waals surface area contributed by atoms with Gasteiger partial charge in [0.15, 0.2) is 0 Å². The number of hydrogen-bond donors (Lipinski definition) is 2. The van der Waals surface area contributed by atoms with Crippen LogP contribution in [0.4, 0.5) is 0 Å². The molecule has 2 N–H and O–H groups in total. The lowest BCUT2D eigenvalue weighted by molar-refractivity contribution is -0.138. The van der Waals surface area contributed by atoms with Gasteiger partial charge in [0.25, 0.3) is 0 Å². The highest BCUT2D eigenvalue weighted by Gasteiger charge is 2.08. The molecule has 0 aliphatic carbocycles. The number of amides is 1. The molecular weight excluding hydrogens is 256 g/mol. The molecule has 0 unspecified atom stereocenters. The second-order valence-electron chi connectivity index (χ2n) is 3.79. The van der Waals surface area contributed by atoms with E-state index in [1.807, 2.05) is 12.1 Å². The average molecular weight is 267 g/mol. The number of aromatic nitrogens is 1. The van der Waals surface area contributed by atoms with Crippen LogP contribution in [0.1, 0.15) is 0 Å². The zero-order valence-electron chi connectivity index (χ0n) is 9.39. The summed E-state index contributed by atoms with van der Waals surface area (Å²) in [5.41, 5.74) is 0.841. The first kappa shape index (κ1) is 12.4. The minimum atomic E-state index is -1.07. The molecule has 2 rings (SSSR count). The van der Waals surface area contributed by atoms with Crippen molar-refractivity contribution in [2.75, 3.05) is 6.54 Å². The Morgan fingerprint density at radius 1 is 1.33 bits per heavy atom. The molecule has 1 heterocycles. The van der Waals surface area contributed by atoms with Crippen molar-refractivity contribution in [2.45, 2.75) is 6.54 Å². The lowest BCUT2D eigenvalue weighted by Gasteiger charge is -2.05. The number of carbonyl (C=O) groups excluding carboxylic acids is 1. The van der Waals surface area contributed by atoms with Crippen molar-refractivity contribution in [3.05, 3.63) is 35.5 Å². The van der Waals surface area contributed by atoms with Crippen molar-refractivity contribution in [3.8, 4) is 0 Å². The van der Waals surface area contributed by atoms with Gasteiger partial charge in [-0.1, -0.05) is 17.7 Å². The normalized spacial score (nSPS) is 10.5. The van der Waals surface area contributed by atoms with Gasteiger partial charge < -0.3 is 15.0 Å². The van der Waals surface area contributed by atoms with Crippen LogP contribution in [0.5, 0.6) is 0 Å². The Kier molecular flexibility index (Phi) is 3.53. The van der Waals surface area contributed by atoms with Crippen LogP contribution in [0.2, 0.25) is 5.02 Å². The third kappa shape index (κ3) is 2.62. The van der Waals surface area contributed by atoms with E-state index in [2.05, 4.69) is 5.32 Å². The van der Waals surface area contributed by atoms with Crippen LogP contribution < -0.4 is 5.32 Å². The maximum absolute atomic E-state index is 11.5. The molecule has 18 heavy (non-hydrogen) atoms. The van der Waals surface area contributed by atoms with Gasteiger partial charge in [0, 0.05) is 22.1 Å². The van der Waals surface area contributed by atoms with E-state index < -0.39 is 5.97 Å². The number of carbonyl (C=O) groups is 2. The van der Waals surface area contributed by atoms with E-state index >= 15 is 0 Å². The van der Waals surface area contributed by atoms with Gasteiger partial charge in [-0.25, -0.2) is 0 Å². The predicted octanol–water partition coefficient (Wildman–Crippen LogP) is 1.50. The van der Waals surface area contributed by atoms with Crippen LogP contribution in [-0.4, -0.2) is 28.1 Å². The van der Waals surface area contributed by atoms with Gasteiger partial charge in [-0.2, -0.15) is 0 Å². The van der Waals surface area contributed by atoms with Gasteiger partial charge >= 0.3 is 5.97 Å². The van der Waals surface area contributed by atoms with Crippen LogP contribution in [0.3, 0.4) is 0 Å². The van der Waals surface area contributed by atoms with E-state index in [1.54, 1.807) is 22.9 Å². The standard InChI is InChI=1S/C12H11ClN2O3/c13-9-2-1-3-10-8(9)4-5-15(10)7-11(16)14-6-12(17)18/h1-5H,6-7H2,(H,14,16)(H,17,18). The highest BCUT2D eigenvalue weighted by Crippen LogP contribution is 2.23. The van der Waals surface area contributed by atoms with Gasteiger partial charge in [-0.3, -0.25) is 9.59 Å². The number of fused-ring (bicyclic) bond motifs is 1. The second-order valence-corrected chi connectivity index (χ2v) is 4.19. The van der Waals surface area contributed by atoms with Gasteiger partial charge in [-0.05, 0) is 18.2 Å². The number of hydrogen-bond acceptors (Lipinski definition) is 2. The molecule has 1 aromatic carbocycles. The summed E-state index contributed by atoms with van der Waals surface area (Å²) in [6.45, 7) is -0.310. The number of nitrogens with zero attached hydrogens (tertiary/aromatic N) is 1. The zero-order chi connectivity index (χ0) is 13.1. The molecule has 0 bridgehead atoms. The summed E-state index contributed by atoms with van der Waals surface area (Å²) in [4.78, 5) is 21.8. The van der Waals surface area contributed by atoms with Crippen LogP contribution in [-0.2, 0) is 16.1 Å². The van der Waals surface area contributed by atoms with Gasteiger partial charge in [-0.15, -0.1) is 0 Å². The van der Waals surface area contributed by atoms with Gasteiger partial charge in [0.1, 0.15) is 13.1 Å². The van der Waals surface area contributed by atoms with Crippen molar-refractivity contribution in [3.63, 3.8) is 0 Å². The number of carboxylic acid groups (broad SMARTS) is 1. The lowest BCUT2D eigenvalue weighted by atomic mass is 10.2. The second kappa shape index (κ2) is 5.10. The summed E-state index contributed by atoms with van der Waals surface area (Å²) in [5.74, 6) is -1.42. The lowest BCUT2D eigenvalue weighted by Crippen LogP contribution is -2.31. The van der Waals surface area contributed by atoms with Gasteiger partial charge in [0.2, 0.25) is 5.91 Å². The third-order valence-corrected chi connectivity index (χ3v) is 2.84. The molecule has 0 radical (unpaired) electrons. The molecule has 1 aromatic heterocycles. The number of rotatable bonds is 4. The Bertz CT molecular complexity index is 606. The van der Waals surface area contributed by atoms with Crippen molar-refractivity contribution in [1.29, 1.82) is 0 Å². The van der Waals surface area contributed by atoms with Crippen LogP contribution in [0, 0.1) is 0 Å². The molecule has 94 valence electrons. The topological polar surface area (TPSA) is 71.3 Å². The molecule has 0 saturated carbocycles. The van der Waals surface area contributed by atoms with E-state index in [4.69, 9.17) is 16.7 Å². The first-order chi connectivity index (χ1) is 8.58. The number of aliphatic carboxylic acids is 1. The minimum Gasteiger partial charge on any atom is -0.480 e. The smallest absolute Gasteiger partial charge is 0.322 e. The summed E-state index contributed by atoms with van der Waals surface area (Å²) in [5, 5.41) is 12.3. The van der Waals surface area contributed by atoms with E-state index in [0.29, 0.717) is 5.02 Å². The molecule has 0 atom stereocenters. The molecule has 0 fully saturated rings. The quantitative estimate of drug-likeness (QED) is 0.881. The fourth-order valence-corrected chi connectivity index (χ4v) is 1.94. The number of carboxylic acids is 1. The van der Waals surface area contributed by atoms with E-state index in [9.17, 15) is 9.59 Å². The molecular formula is C12H11ClN2O3. The summed E-state index contributed by atoms with van der Waals surface area (Å²) in [6.07, 6.45) is 1.75. The first-order valence-electron chi connectivity index (χ1n) is 5.30. The van der Waals surface area contributed by atoms with Crippen molar-refractivity contribution >= 4 is 34.4 Å². The maximum Gasteiger partial charge on any atom is 0.322 e. The largest absolute Gasteiger partial charge is 0.480 e. The monoisotopic (exact) mass is 266 g/mol. The van der Waals surface area contributed by atoms with E-state index in [0.717, 1.165) is 10.9 Å². The minimum absolute atomic E-state index is 0.0666. The van der Waals surface area contributed by atoms with Crippen molar-refractivity contribution in [2.24, 2.45) is 0 Å². The summed E-state index contributed by atoms with van der Waals surface area (Å²) >= 11 is 6.02. The molecule has 0 spiro atoms. The first-order valence-corrected chi connectivity index (χ1v) is 5.67. The van der Waals surface area contributed by atoms with Crippen LogP contribution >= 0.6 is 11.6 Å². The molecule has 6 heteroatoms. The highest BCUT2D eigenvalue weighted by molar-refractivity contribution is 6.35. The molecule has 2 aromatic rings. The summed E-state index contributed by atoms with van der Waals surface area (Å²) < 4.78 is 1.72. The van der Waals surface area contributed by atoms with Crippen molar-refractivity contribution < 1.29 is 14.7 Å². The Balaban J connectivity index is 2.15. The Morgan fingerprint density at radius 3 is 2.83 bits per heavy atom. The van der Waals surface area contributed by atoms with E-state index in [-0.39, 0.29) is 19.0 Å². The SMILES string of the molecule is O=C(O)CNC(=O)Cn1ccc2c(Cl)cccc21. The number of benzene rings is 1. The van der Waals surface area contributed by atoms with Crippen LogP contribution in [0.15, 0.2) is 30.5 Å². The number of nitrogens with one attached hydrogen (secondary N) is 1. The Morgan fingerprint density at radius 2 is 2.11 bits per heavy atom. The van der Waals surface area contributed by atoms with Crippen molar-refractivity contribution in [1.82, 2.24) is 9.88 Å². The highest BCUT2D eigenvalue weighted by atomic mass is 35.5. The fourth-order valence-electron chi connectivity index (χ4n) is 1.71. The molecule has 5 nitrogen and oxygen atoms in total. The molecule has 0 aliphatic rings. The van der Waals surface area contributed by atoms with Gasteiger partial charge in [0.05, 0.1) is 0 Å². The Labute approximate surface area is 108 Å². The molecule has 0 aliphatic heterocycles. The zero-order valence-corrected chi connectivity index (χ0v) is 10.1. The molecule has 1 amide bonds. The number of halogens is 1. The molecule has 0 saturated heterocycles. The maximum atomic E-state index is 11.5. The van der Waals surface area contributed by atoms with E-state index in [1.165, 1.54) is 0 Å². The Hall–Kier alpha value is -2.01. The predicted molar refractivity (Wildman–Crippen MR) is 67.6 cm³/mol. The average Bonchev–Trinajstić information content (AvgIpc) is 2.72. The fraction of sp³-hybridized carbons (Fsp3) is 0.167. The third-order valence-electron chi connectivity index (χ3n) is 2.51. The summed E-state index contributed by atoms with van der Waals surface area (Å²) in [7, 11) is 0. The van der Waals surface area contributed by atoms with Crippen LogP contribution in [0.25, 0.3) is 10.9 Å². The summed E-state index contributed by atoms with van der Waals surface area (Å²) in [6, 6.07) is 7.25.